The van der Waals surface area contributed by atoms with E-state index in [1.54, 1.807) is 7.05 Å². The van der Waals surface area contributed by atoms with Crippen molar-refractivity contribution in [2.45, 2.75) is 32.3 Å². The Hall–Kier alpha value is -2.08. The predicted molar refractivity (Wildman–Crippen MR) is 83.2 cm³/mol. The van der Waals surface area contributed by atoms with Crippen LogP contribution in [0.1, 0.15) is 23.1 Å². The minimum absolute atomic E-state index is 0.0347. The molecule has 2 amide bonds. The maximum Gasteiger partial charge on any atom is 0.234 e. The number of likely N-dealkylation sites (N-methyl/N-ethyl adjacent to an activating group) is 1. The van der Waals surface area contributed by atoms with Gasteiger partial charge in [0.05, 0.1) is 18.8 Å². The van der Waals surface area contributed by atoms with Crippen molar-refractivity contribution in [2.24, 2.45) is 0 Å². The summed E-state index contributed by atoms with van der Waals surface area (Å²) in [6.45, 7) is 2.81. The molecule has 1 atom stereocenters. The number of rotatable bonds is 4. The van der Waals surface area contributed by atoms with Gasteiger partial charge < -0.3 is 20.7 Å². The van der Waals surface area contributed by atoms with Crippen LogP contribution in [0.25, 0.3) is 0 Å². The number of ether oxygens (including phenoxy) is 1. The molecule has 2 aliphatic heterocycles. The van der Waals surface area contributed by atoms with Gasteiger partial charge in [-0.1, -0.05) is 6.07 Å². The lowest BCUT2D eigenvalue weighted by atomic mass is 9.94. The third-order valence-electron chi connectivity index (χ3n) is 4.12. The van der Waals surface area contributed by atoms with E-state index >= 15 is 0 Å². The highest BCUT2D eigenvalue weighted by Gasteiger charge is 2.30. The normalized spacial score (nSPS) is 19.0. The molecule has 6 nitrogen and oxygen atoms in total. The molecular formula is C16H21N3O3. The number of hydrogen-bond donors (Lipinski definition) is 3. The lowest BCUT2D eigenvalue weighted by Crippen LogP contribution is -2.38. The summed E-state index contributed by atoms with van der Waals surface area (Å²) in [5.74, 6) is 0.922. The monoisotopic (exact) mass is 303 g/mol. The zero-order valence-corrected chi connectivity index (χ0v) is 12.9. The minimum atomic E-state index is -0.0423. The molecular weight excluding hydrogens is 282 g/mol. The molecule has 2 aliphatic rings. The van der Waals surface area contributed by atoms with E-state index in [0.29, 0.717) is 25.9 Å². The first-order valence-corrected chi connectivity index (χ1v) is 7.61. The van der Waals surface area contributed by atoms with Gasteiger partial charge in [0, 0.05) is 18.4 Å². The summed E-state index contributed by atoms with van der Waals surface area (Å²) in [5, 5.41) is 8.63. The molecule has 118 valence electrons. The number of aryl methyl sites for hydroxylation is 1. The molecule has 0 saturated carbocycles. The fourth-order valence-corrected chi connectivity index (χ4v) is 3.11. The molecule has 1 aromatic carbocycles. The quantitative estimate of drug-likeness (QED) is 0.757. The summed E-state index contributed by atoms with van der Waals surface area (Å²) < 4.78 is 6.04. The third kappa shape index (κ3) is 2.78. The van der Waals surface area contributed by atoms with Crippen LogP contribution in [0.5, 0.6) is 5.75 Å². The second kappa shape index (κ2) is 5.96. The molecule has 0 radical (unpaired) electrons. The van der Waals surface area contributed by atoms with Crippen molar-refractivity contribution in [3.8, 4) is 5.75 Å². The van der Waals surface area contributed by atoms with E-state index in [1.807, 2.05) is 6.92 Å². The zero-order chi connectivity index (χ0) is 15.7. The van der Waals surface area contributed by atoms with Gasteiger partial charge in [0.2, 0.25) is 11.8 Å². The number of nitrogens with one attached hydrogen (secondary N) is 3. The largest absolute Gasteiger partial charge is 0.488 e. The lowest BCUT2D eigenvalue weighted by Gasteiger charge is -2.22. The van der Waals surface area contributed by atoms with Crippen molar-refractivity contribution in [3.63, 3.8) is 0 Å². The molecule has 2 heterocycles. The highest BCUT2D eigenvalue weighted by atomic mass is 16.5. The molecule has 3 N–H and O–H groups in total. The Bertz CT molecular complexity index is 628. The van der Waals surface area contributed by atoms with E-state index in [2.05, 4.69) is 22.0 Å². The number of carbonyl (C=O) groups excluding carboxylic acids is 2. The molecule has 3 rings (SSSR count). The Balaban J connectivity index is 1.74. The van der Waals surface area contributed by atoms with Crippen LogP contribution in [-0.4, -0.2) is 38.1 Å². The van der Waals surface area contributed by atoms with Crippen LogP contribution in [-0.2, 0) is 22.4 Å². The average Bonchev–Trinajstić information content (AvgIpc) is 2.88. The van der Waals surface area contributed by atoms with Gasteiger partial charge in [0.15, 0.2) is 0 Å². The molecule has 22 heavy (non-hydrogen) atoms. The van der Waals surface area contributed by atoms with Crippen LogP contribution < -0.4 is 20.7 Å². The highest BCUT2D eigenvalue weighted by molar-refractivity contribution is 5.95. The molecule has 0 fully saturated rings. The van der Waals surface area contributed by atoms with Gasteiger partial charge in [0.25, 0.3) is 0 Å². The fourth-order valence-electron chi connectivity index (χ4n) is 3.11. The maximum atomic E-state index is 11.6. The van der Waals surface area contributed by atoms with Crippen molar-refractivity contribution >= 4 is 17.5 Å². The first-order valence-electron chi connectivity index (χ1n) is 7.61. The summed E-state index contributed by atoms with van der Waals surface area (Å²) in [6.07, 6.45) is 1.95. The molecule has 6 heteroatoms. The van der Waals surface area contributed by atoms with Crippen LogP contribution in [0.15, 0.2) is 6.07 Å². The zero-order valence-electron chi connectivity index (χ0n) is 12.9. The molecule has 0 saturated heterocycles. The number of anilines is 1. The number of amides is 2. The van der Waals surface area contributed by atoms with Crippen LogP contribution in [0.3, 0.4) is 0 Å². The van der Waals surface area contributed by atoms with Gasteiger partial charge in [-0.3, -0.25) is 9.59 Å². The highest BCUT2D eigenvalue weighted by Crippen LogP contribution is 2.41. The van der Waals surface area contributed by atoms with Crippen molar-refractivity contribution in [1.29, 1.82) is 0 Å². The molecule has 0 spiro atoms. The number of fused-ring (bicyclic) bond motifs is 3. The summed E-state index contributed by atoms with van der Waals surface area (Å²) in [5.41, 5.74) is 4.24. The third-order valence-corrected chi connectivity index (χ3v) is 4.12. The standard InChI is InChI=1S/C16H21N3O3/c1-9-5-10-6-11(7-18-14(21)8-17-2)22-16(10)12-3-4-13(20)19-15(9)12/h5,11,17H,3-4,6-8H2,1-2H3,(H,18,21)(H,19,20). The summed E-state index contributed by atoms with van der Waals surface area (Å²) in [4.78, 5) is 23.1. The van der Waals surface area contributed by atoms with E-state index < -0.39 is 0 Å². The van der Waals surface area contributed by atoms with Gasteiger partial charge >= 0.3 is 0 Å². The molecule has 0 bridgehead atoms. The Kier molecular flexibility index (Phi) is 4.02. The predicted octanol–water partition coefficient (Wildman–Crippen LogP) is 0.519. The van der Waals surface area contributed by atoms with Crippen LogP contribution in [0.2, 0.25) is 0 Å². The van der Waals surface area contributed by atoms with E-state index in [0.717, 1.165) is 29.0 Å². The van der Waals surface area contributed by atoms with Crippen LogP contribution in [0, 0.1) is 6.92 Å². The Morgan fingerprint density at radius 2 is 2.27 bits per heavy atom. The number of carbonyl (C=O) groups is 2. The van der Waals surface area contributed by atoms with Crippen LogP contribution >= 0.6 is 0 Å². The molecule has 1 aromatic rings. The maximum absolute atomic E-state index is 11.6. The summed E-state index contributed by atoms with van der Waals surface area (Å²) in [6, 6.07) is 2.08. The Labute approximate surface area is 129 Å². The summed E-state index contributed by atoms with van der Waals surface area (Å²) in [7, 11) is 1.74. The molecule has 0 aliphatic carbocycles. The lowest BCUT2D eigenvalue weighted by molar-refractivity contribution is -0.120. The van der Waals surface area contributed by atoms with Crippen LogP contribution in [0.4, 0.5) is 5.69 Å². The van der Waals surface area contributed by atoms with Crippen molar-refractivity contribution in [1.82, 2.24) is 10.6 Å². The number of benzene rings is 1. The fraction of sp³-hybridized carbons (Fsp3) is 0.500. The van der Waals surface area contributed by atoms with Gasteiger partial charge in [-0.05, 0) is 31.5 Å². The minimum Gasteiger partial charge on any atom is -0.488 e. The Morgan fingerprint density at radius 3 is 3.05 bits per heavy atom. The number of hydrogen-bond acceptors (Lipinski definition) is 4. The van der Waals surface area contributed by atoms with E-state index in [4.69, 9.17) is 4.74 Å². The second-order valence-electron chi connectivity index (χ2n) is 5.86. The first-order chi connectivity index (χ1) is 10.6. The van der Waals surface area contributed by atoms with E-state index in [1.165, 1.54) is 5.56 Å². The molecule has 0 aromatic heterocycles. The van der Waals surface area contributed by atoms with Gasteiger partial charge in [-0.2, -0.15) is 0 Å². The van der Waals surface area contributed by atoms with E-state index in [-0.39, 0.29) is 17.9 Å². The average molecular weight is 303 g/mol. The van der Waals surface area contributed by atoms with Gasteiger partial charge in [-0.25, -0.2) is 0 Å². The van der Waals surface area contributed by atoms with Gasteiger partial charge in [-0.15, -0.1) is 0 Å². The van der Waals surface area contributed by atoms with Crippen molar-refractivity contribution in [2.75, 3.05) is 25.5 Å². The topological polar surface area (TPSA) is 79.5 Å². The second-order valence-corrected chi connectivity index (χ2v) is 5.86. The van der Waals surface area contributed by atoms with Crippen molar-refractivity contribution in [3.05, 3.63) is 22.8 Å². The Morgan fingerprint density at radius 1 is 1.45 bits per heavy atom. The summed E-state index contributed by atoms with van der Waals surface area (Å²) >= 11 is 0. The SMILES string of the molecule is CNCC(=O)NCC1Cc2cc(C)c3c(c2O1)CCC(=O)N3. The van der Waals surface area contributed by atoms with Gasteiger partial charge in [0.1, 0.15) is 11.9 Å². The van der Waals surface area contributed by atoms with Crippen molar-refractivity contribution < 1.29 is 14.3 Å². The molecule has 1 unspecified atom stereocenters. The van der Waals surface area contributed by atoms with E-state index in [9.17, 15) is 9.59 Å². The smallest absolute Gasteiger partial charge is 0.234 e. The first kappa shape index (κ1) is 14.8.